The monoisotopic (exact) mass is 215 g/mol. The highest BCUT2D eigenvalue weighted by Gasteiger charge is 2.19. The molecule has 2 N–H and O–H groups in total. The van der Waals surface area contributed by atoms with Gasteiger partial charge in [-0.3, -0.25) is 4.90 Å². The Bertz CT molecular complexity index is 158. The molecule has 0 spiro atoms. The third kappa shape index (κ3) is 4.96. The lowest BCUT2D eigenvalue weighted by Crippen LogP contribution is -2.35. The summed E-state index contributed by atoms with van der Waals surface area (Å²) in [5.41, 5.74) is 0. The first-order valence-electron chi connectivity index (χ1n) is 6.27. The Balaban J connectivity index is 2.17. The van der Waals surface area contributed by atoms with E-state index in [0.29, 0.717) is 13.1 Å². The van der Waals surface area contributed by atoms with Gasteiger partial charge in [-0.15, -0.1) is 0 Å². The molecule has 0 bridgehead atoms. The SMILES string of the molecule is CCN(CCO)CC(O)CC1CCCC1. The van der Waals surface area contributed by atoms with Gasteiger partial charge in [0.15, 0.2) is 0 Å². The molecule has 1 rings (SSSR count). The number of rotatable bonds is 7. The molecule has 0 aromatic heterocycles. The average Bonchev–Trinajstić information content (AvgIpc) is 2.69. The van der Waals surface area contributed by atoms with Crippen LogP contribution in [0.15, 0.2) is 0 Å². The van der Waals surface area contributed by atoms with Crippen LogP contribution in [0.4, 0.5) is 0 Å². The van der Waals surface area contributed by atoms with Crippen LogP contribution in [0.2, 0.25) is 0 Å². The second-order valence-corrected chi connectivity index (χ2v) is 4.66. The van der Waals surface area contributed by atoms with E-state index < -0.39 is 0 Å². The molecule has 0 radical (unpaired) electrons. The topological polar surface area (TPSA) is 43.7 Å². The van der Waals surface area contributed by atoms with Gasteiger partial charge in [-0.25, -0.2) is 0 Å². The molecule has 1 atom stereocenters. The summed E-state index contributed by atoms with van der Waals surface area (Å²) >= 11 is 0. The van der Waals surface area contributed by atoms with Crippen molar-refractivity contribution in [3.8, 4) is 0 Å². The summed E-state index contributed by atoms with van der Waals surface area (Å²) in [5, 5.41) is 18.8. The number of aliphatic hydroxyl groups is 2. The van der Waals surface area contributed by atoms with Gasteiger partial charge in [-0.05, 0) is 18.9 Å². The molecule has 90 valence electrons. The molecule has 0 aromatic rings. The Morgan fingerprint density at radius 1 is 1.33 bits per heavy atom. The zero-order valence-corrected chi connectivity index (χ0v) is 9.86. The zero-order chi connectivity index (χ0) is 11.1. The van der Waals surface area contributed by atoms with E-state index in [9.17, 15) is 5.11 Å². The summed E-state index contributed by atoms with van der Waals surface area (Å²) in [6, 6.07) is 0. The quantitative estimate of drug-likeness (QED) is 0.671. The number of aliphatic hydroxyl groups excluding tert-OH is 2. The van der Waals surface area contributed by atoms with E-state index >= 15 is 0 Å². The fourth-order valence-electron chi connectivity index (χ4n) is 2.52. The van der Waals surface area contributed by atoms with E-state index in [0.717, 1.165) is 18.9 Å². The van der Waals surface area contributed by atoms with Crippen molar-refractivity contribution in [2.24, 2.45) is 5.92 Å². The number of hydrogen-bond acceptors (Lipinski definition) is 3. The van der Waals surface area contributed by atoms with E-state index in [2.05, 4.69) is 11.8 Å². The lowest BCUT2D eigenvalue weighted by atomic mass is 10.00. The number of nitrogens with zero attached hydrogens (tertiary/aromatic N) is 1. The van der Waals surface area contributed by atoms with Gasteiger partial charge >= 0.3 is 0 Å². The van der Waals surface area contributed by atoms with Gasteiger partial charge in [0.2, 0.25) is 0 Å². The van der Waals surface area contributed by atoms with Crippen LogP contribution in [-0.2, 0) is 0 Å². The summed E-state index contributed by atoms with van der Waals surface area (Å²) in [6.07, 6.45) is 6.00. The first-order valence-corrected chi connectivity index (χ1v) is 6.27. The van der Waals surface area contributed by atoms with Crippen LogP contribution < -0.4 is 0 Å². The predicted molar refractivity (Wildman–Crippen MR) is 61.8 cm³/mol. The minimum atomic E-state index is -0.209. The molecule has 1 aliphatic rings. The van der Waals surface area contributed by atoms with E-state index in [1.165, 1.54) is 25.7 Å². The van der Waals surface area contributed by atoms with Crippen molar-refractivity contribution in [2.45, 2.75) is 45.1 Å². The normalized spacial score (nSPS) is 20.0. The molecule has 1 unspecified atom stereocenters. The van der Waals surface area contributed by atoms with Crippen molar-refractivity contribution in [3.05, 3.63) is 0 Å². The predicted octanol–water partition coefficient (Wildman–Crippen LogP) is 1.24. The third-order valence-corrected chi connectivity index (χ3v) is 3.41. The molecule has 15 heavy (non-hydrogen) atoms. The standard InChI is InChI=1S/C12H25NO2/c1-2-13(7-8-14)10-12(15)9-11-5-3-4-6-11/h11-12,14-15H,2-10H2,1H3. The van der Waals surface area contributed by atoms with Crippen LogP contribution in [0, 0.1) is 5.92 Å². The van der Waals surface area contributed by atoms with Crippen molar-refractivity contribution in [1.82, 2.24) is 4.90 Å². The van der Waals surface area contributed by atoms with Gasteiger partial charge in [-0.1, -0.05) is 32.6 Å². The van der Waals surface area contributed by atoms with Gasteiger partial charge in [0.05, 0.1) is 12.7 Å². The lowest BCUT2D eigenvalue weighted by Gasteiger charge is -2.24. The van der Waals surface area contributed by atoms with Crippen molar-refractivity contribution in [1.29, 1.82) is 0 Å². The van der Waals surface area contributed by atoms with Gasteiger partial charge in [0.25, 0.3) is 0 Å². The summed E-state index contributed by atoms with van der Waals surface area (Å²) in [5.74, 6) is 0.743. The molecular formula is C12H25NO2. The summed E-state index contributed by atoms with van der Waals surface area (Å²) < 4.78 is 0. The maximum atomic E-state index is 9.91. The lowest BCUT2D eigenvalue weighted by molar-refractivity contribution is 0.0844. The second-order valence-electron chi connectivity index (χ2n) is 4.66. The van der Waals surface area contributed by atoms with Crippen molar-refractivity contribution in [3.63, 3.8) is 0 Å². The van der Waals surface area contributed by atoms with Gasteiger partial charge in [0.1, 0.15) is 0 Å². The Morgan fingerprint density at radius 2 is 2.00 bits per heavy atom. The fraction of sp³-hybridized carbons (Fsp3) is 1.00. The highest BCUT2D eigenvalue weighted by molar-refractivity contribution is 4.73. The fourth-order valence-corrected chi connectivity index (χ4v) is 2.52. The van der Waals surface area contributed by atoms with Crippen molar-refractivity contribution in [2.75, 3.05) is 26.2 Å². The Morgan fingerprint density at radius 3 is 2.53 bits per heavy atom. The van der Waals surface area contributed by atoms with Crippen LogP contribution in [-0.4, -0.2) is 47.5 Å². The largest absolute Gasteiger partial charge is 0.395 e. The van der Waals surface area contributed by atoms with E-state index in [1.807, 2.05) is 0 Å². The minimum absolute atomic E-state index is 0.185. The van der Waals surface area contributed by atoms with Gasteiger partial charge < -0.3 is 10.2 Å². The van der Waals surface area contributed by atoms with Crippen LogP contribution in [0.25, 0.3) is 0 Å². The molecular weight excluding hydrogens is 190 g/mol. The maximum absolute atomic E-state index is 9.91. The molecule has 1 saturated carbocycles. The van der Waals surface area contributed by atoms with Crippen molar-refractivity contribution >= 4 is 0 Å². The first kappa shape index (κ1) is 12.9. The smallest absolute Gasteiger partial charge is 0.0669 e. The van der Waals surface area contributed by atoms with Crippen LogP contribution in [0.3, 0.4) is 0 Å². The minimum Gasteiger partial charge on any atom is -0.395 e. The van der Waals surface area contributed by atoms with Crippen molar-refractivity contribution < 1.29 is 10.2 Å². The molecule has 1 aliphatic carbocycles. The summed E-state index contributed by atoms with van der Waals surface area (Å²) in [7, 11) is 0. The van der Waals surface area contributed by atoms with Crippen LogP contribution in [0.5, 0.6) is 0 Å². The van der Waals surface area contributed by atoms with Crippen LogP contribution in [0.1, 0.15) is 39.0 Å². The Kier molecular flexibility index (Phi) is 6.22. The summed E-state index contributed by atoms with van der Waals surface area (Å²) in [4.78, 5) is 2.11. The highest BCUT2D eigenvalue weighted by atomic mass is 16.3. The molecule has 3 heteroatoms. The molecule has 1 fully saturated rings. The molecule has 0 aliphatic heterocycles. The number of hydrogen-bond donors (Lipinski definition) is 2. The Hall–Kier alpha value is -0.120. The first-order chi connectivity index (χ1) is 7.26. The summed E-state index contributed by atoms with van der Waals surface area (Å²) in [6.45, 7) is 4.55. The molecule has 0 aromatic carbocycles. The average molecular weight is 215 g/mol. The Labute approximate surface area is 93.1 Å². The molecule has 3 nitrogen and oxygen atoms in total. The van der Waals surface area contributed by atoms with E-state index in [4.69, 9.17) is 5.11 Å². The highest BCUT2D eigenvalue weighted by Crippen LogP contribution is 2.28. The van der Waals surface area contributed by atoms with E-state index in [-0.39, 0.29) is 12.7 Å². The molecule has 0 saturated heterocycles. The number of likely N-dealkylation sites (N-methyl/N-ethyl adjacent to an activating group) is 1. The van der Waals surface area contributed by atoms with Crippen LogP contribution >= 0.6 is 0 Å². The second kappa shape index (κ2) is 7.20. The molecule has 0 amide bonds. The zero-order valence-electron chi connectivity index (χ0n) is 9.86. The third-order valence-electron chi connectivity index (χ3n) is 3.41. The molecule has 0 heterocycles. The van der Waals surface area contributed by atoms with E-state index in [1.54, 1.807) is 0 Å². The van der Waals surface area contributed by atoms with Gasteiger partial charge in [-0.2, -0.15) is 0 Å². The van der Waals surface area contributed by atoms with Gasteiger partial charge in [0, 0.05) is 13.1 Å². The maximum Gasteiger partial charge on any atom is 0.0669 e.